The van der Waals surface area contributed by atoms with Gasteiger partial charge in [0.25, 0.3) is 0 Å². The number of benzene rings is 4. The molecule has 0 spiro atoms. The van der Waals surface area contributed by atoms with Crippen molar-refractivity contribution in [2.24, 2.45) is 0 Å². The Hall–Kier alpha value is -7.43. The van der Waals surface area contributed by atoms with Crippen molar-refractivity contribution in [1.82, 2.24) is 19.9 Å². The van der Waals surface area contributed by atoms with E-state index in [4.69, 9.17) is 9.76 Å². The first-order valence-corrected chi connectivity index (χ1v) is 22.5. The van der Waals surface area contributed by atoms with Gasteiger partial charge < -0.3 is 19.8 Å². The summed E-state index contributed by atoms with van der Waals surface area (Å²) in [7, 11) is 12.3. The van der Waals surface area contributed by atoms with Crippen LogP contribution in [0.3, 0.4) is 0 Å². The Labute approximate surface area is 463 Å². The average molecular weight is 1240 g/mol. The zero-order chi connectivity index (χ0) is 61.4. The van der Waals surface area contributed by atoms with Crippen LogP contribution in [0.4, 0.5) is 105 Å². The van der Waals surface area contributed by atoms with Gasteiger partial charge in [-0.1, -0.05) is 6.92 Å². The summed E-state index contributed by atoms with van der Waals surface area (Å²) in [6, 6.07) is 12.5. The molecule has 0 fully saturated rings. The molecule has 7 rings (SSSR count). The Morgan fingerprint density at radius 2 is 0.524 bits per heavy atom. The van der Waals surface area contributed by atoms with Crippen LogP contribution in [-0.4, -0.2) is 74.9 Å². The van der Waals surface area contributed by atoms with Gasteiger partial charge >= 0.3 is 28.4 Å². The van der Waals surface area contributed by atoms with Crippen LogP contribution in [0.25, 0.3) is 0 Å². The zero-order valence-electron chi connectivity index (χ0n) is 42.9. The van der Waals surface area contributed by atoms with Crippen LogP contribution in [0.1, 0.15) is 24.0 Å². The van der Waals surface area contributed by atoms with Crippen molar-refractivity contribution in [2.75, 3.05) is 63.6 Å². The van der Waals surface area contributed by atoms with Crippen molar-refractivity contribution in [3.8, 4) is 0 Å². The molecule has 0 aliphatic rings. The van der Waals surface area contributed by atoms with E-state index in [0.717, 1.165) is 34.1 Å². The number of hydrogen-bond acceptors (Lipinski definition) is 8. The average Bonchev–Trinajstić information content (AvgIpc) is 1.11. The number of nitrogens with zero attached hydrogens (tertiary/aromatic N) is 7. The van der Waals surface area contributed by atoms with Crippen LogP contribution in [0, 0.1) is 123 Å². The van der Waals surface area contributed by atoms with Crippen molar-refractivity contribution in [3.63, 3.8) is 0 Å². The van der Waals surface area contributed by atoms with Crippen molar-refractivity contribution < 1.29 is 115 Å². The van der Waals surface area contributed by atoms with Crippen molar-refractivity contribution in [2.45, 2.75) is 26.6 Å². The van der Waals surface area contributed by atoms with Gasteiger partial charge in [0.05, 0.1) is 17.1 Å². The zero-order valence-corrected chi connectivity index (χ0v) is 43.9. The summed E-state index contributed by atoms with van der Waals surface area (Å²) < 4.78 is 301. The molecule has 0 saturated carbocycles. The second-order valence-corrected chi connectivity index (χ2v) is 17.4. The van der Waals surface area contributed by atoms with Crippen LogP contribution in [-0.2, 0) is 41.4 Å². The molecule has 9 nitrogen and oxygen atoms in total. The molecule has 82 heavy (non-hydrogen) atoms. The quantitative estimate of drug-likeness (QED) is 0.0284. The maximum Gasteiger partial charge on any atom is 2.00 e. The number of hydrogen-bond donors (Lipinski definition) is 0. The van der Waals surface area contributed by atoms with Gasteiger partial charge in [-0.25, -0.2) is 87.8 Å². The second kappa shape index (κ2) is 28.5. The molecule has 0 aliphatic heterocycles. The minimum atomic E-state index is -7.22. The third kappa shape index (κ3) is 13.4. The van der Waals surface area contributed by atoms with Gasteiger partial charge in [0, 0.05) is 97.6 Å². The second-order valence-electron chi connectivity index (χ2n) is 17.4. The van der Waals surface area contributed by atoms with Crippen LogP contribution < -0.4 is 41.7 Å². The van der Waals surface area contributed by atoms with E-state index < -0.39 is 144 Å². The van der Waals surface area contributed by atoms with Crippen molar-refractivity contribution in [1.29, 1.82) is 0 Å². The molecule has 0 saturated heterocycles. The maximum absolute atomic E-state index is 15.4. The standard InChI is InChI=1S/C24BF20.C24H33N7.C2H5O.CO.Cu/c26-5-1(6(27)14(35)21(42)13(5)34)25(2-7(28)15(36)22(43)16(37)8(2)29,3-9(30)17(38)23(44)18(39)10(3)31)4-11(32)19(40)24(45)20(41)12(4)33;1-28(2)22-7-10-25-19(13-22)16-31(17-20-14-23(29(3)4)8-11-26-20)18-21-15-24(30(5)6)9-12-27-21;1-2-3;1-2;/h;7-15H,16-18H2,1-6H3;2H2,1H3;;/q-1;;-1;;+2. The Morgan fingerprint density at radius 3 is 0.683 bits per heavy atom. The van der Waals surface area contributed by atoms with Gasteiger partial charge in [0.15, 0.2) is 69.8 Å². The van der Waals surface area contributed by atoms with Crippen molar-refractivity contribution in [3.05, 3.63) is 195 Å². The Morgan fingerprint density at radius 1 is 0.366 bits per heavy atom. The molecule has 31 heteroatoms. The van der Waals surface area contributed by atoms with E-state index in [1.54, 1.807) is 6.92 Å². The topological polar surface area (TPSA) is 94.6 Å². The number of halogens is 20. The third-order valence-corrected chi connectivity index (χ3v) is 11.8. The normalized spacial score (nSPS) is 11.0. The predicted octanol–water partition coefficient (Wildman–Crippen LogP) is 8.44. The minimum Gasteiger partial charge on any atom is 2.00 e. The summed E-state index contributed by atoms with van der Waals surface area (Å²) in [5.41, 5.74) is -7.82. The first-order valence-electron chi connectivity index (χ1n) is 22.5. The smallest absolute Gasteiger partial charge is 2.00 e. The van der Waals surface area contributed by atoms with Gasteiger partial charge in [-0.2, -0.15) is 0 Å². The number of rotatable bonds is 13. The largest absolute Gasteiger partial charge is 2.00 e. The fraction of sp³-hybridized carbons (Fsp3) is 0.216. The van der Waals surface area contributed by atoms with E-state index >= 15 is 35.1 Å². The van der Waals surface area contributed by atoms with E-state index in [1.807, 2.05) is 79.1 Å². The van der Waals surface area contributed by atoms with Gasteiger partial charge in [0.2, 0.25) is 0 Å². The van der Waals surface area contributed by atoms with Gasteiger partial charge in [-0.15, -0.1) is 28.5 Å². The summed E-state index contributed by atoms with van der Waals surface area (Å²) in [5.74, 6) is -71.4. The van der Waals surface area contributed by atoms with Crippen LogP contribution in [0.2, 0.25) is 0 Å². The first-order chi connectivity index (χ1) is 37.9. The minimum absolute atomic E-state index is 0. The molecule has 0 N–H and O–H groups in total. The summed E-state index contributed by atoms with van der Waals surface area (Å²) in [6.45, 7) is 8.20. The van der Waals surface area contributed by atoms with Crippen LogP contribution in [0.5, 0.6) is 0 Å². The summed E-state index contributed by atoms with van der Waals surface area (Å²) in [5, 5.41) is 8.93. The molecule has 4 aromatic carbocycles. The molecule has 0 bridgehead atoms. The number of anilines is 3. The molecule has 0 unspecified atom stereocenters. The third-order valence-electron chi connectivity index (χ3n) is 11.8. The van der Waals surface area contributed by atoms with E-state index in [2.05, 4.69) is 59.4 Å². The number of aromatic nitrogens is 3. The summed E-state index contributed by atoms with van der Waals surface area (Å²) in [6.07, 6.45) is -1.60. The molecule has 0 aliphatic carbocycles. The molecule has 3 aromatic heterocycles. The molecule has 0 atom stereocenters. The molecule has 7 aromatic rings. The first kappa shape index (κ1) is 68.8. The Kier molecular flexibility index (Phi) is 23.9. The van der Waals surface area contributed by atoms with Crippen LogP contribution >= 0.6 is 0 Å². The summed E-state index contributed by atoms with van der Waals surface area (Å²) >= 11 is 0. The fourth-order valence-corrected chi connectivity index (χ4v) is 8.22. The van der Waals surface area contributed by atoms with Crippen molar-refractivity contribution >= 4 is 45.1 Å². The number of pyridine rings is 3. The molecular weight excluding hydrogens is 1200 g/mol. The fourth-order valence-electron chi connectivity index (χ4n) is 8.22. The maximum atomic E-state index is 15.4. The molecule has 0 amide bonds. The van der Waals surface area contributed by atoms with E-state index in [0.29, 0.717) is 19.6 Å². The monoisotopic (exact) mass is 1230 g/mol. The Balaban J connectivity index is 0.000000416. The van der Waals surface area contributed by atoms with E-state index in [1.165, 1.54) is 0 Å². The Bertz CT molecular complexity index is 2960. The predicted molar refractivity (Wildman–Crippen MR) is 252 cm³/mol. The molecule has 443 valence electrons. The van der Waals surface area contributed by atoms with Gasteiger partial charge in [-0.05, 0) is 36.4 Å². The SMILES string of the molecule is CC[O-].CN(C)c1ccnc(CN(Cc2cc(N(C)C)ccn2)Cc2cc(N(C)C)ccn2)c1.Fc1c(F)c(F)c([B-](c2c(F)c(F)c(F)c(F)c2F)(c2c(F)c(F)c(F)c(F)c2F)c2c(F)c(F)c(F)c(F)c2F)c(F)c1F.[C-]#[O+].[Cu+2]. The summed E-state index contributed by atoms with van der Waals surface area (Å²) in [4.78, 5) is 22.5. The molecular formula is C51H38BCuF20N7O2. The van der Waals surface area contributed by atoms with Gasteiger partial charge in [0.1, 0.15) is 52.7 Å². The van der Waals surface area contributed by atoms with Crippen LogP contribution in [0.15, 0.2) is 55.0 Å². The van der Waals surface area contributed by atoms with Gasteiger partial charge in [-0.3, -0.25) is 19.9 Å². The molecule has 1 radical (unpaired) electrons. The van der Waals surface area contributed by atoms with E-state index in [9.17, 15) is 52.7 Å². The molecule has 3 heterocycles. The van der Waals surface area contributed by atoms with E-state index in [-0.39, 0.29) is 23.7 Å².